The second kappa shape index (κ2) is 4.74. The van der Waals surface area contributed by atoms with Crippen LogP contribution in [0, 0.1) is 12.8 Å². The molecular formula is C10H17NOS. The third-order valence-electron chi connectivity index (χ3n) is 2.33. The minimum atomic E-state index is -0.381. The number of rotatable bonds is 4. The van der Waals surface area contributed by atoms with Crippen molar-refractivity contribution in [2.75, 3.05) is 6.54 Å². The number of aryl methyl sites for hydroxylation is 1. The van der Waals surface area contributed by atoms with Crippen molar-refractivity contribution in [3.63, 3.8) is 0 Å². The molecule has 0 aliphatic heterocycles. The van der Waals surface area contributed by atoms with Gasteiger partial charge in [-0.3, -0.25) is 0 Å². The Hall–Kier alpha value is -0.380. The van der Waals surface area contributed by atoms with Crippen molar-refractivity contribution in [3.05, 3.63) is 21.9 Å². The summed E-state index contributed by atoms with van der Waals surface area (Å²) in [6.07, 6.45) is 0.544. The van der Waals surface area contributed by atoms with Gasteiger partial charge in [0.2, 0.25) is 0 Å². The van der Waals surface area contributed by atoms with E-state index in [1.54, 1.807) is 11.3 Å². The molecule has 1 aromatic heterocycles. The van der Waals surface area contributed by atoms with Crippen LogP contribution in [0.2, 0.25) is 0 Å². The topological polar surface area (TPSA) is 46.2 Å². The number of aliphatic hydroxyl groups is 1. The highest BCUT2D eigenvalue weighted by Gasteiger charge is 2.18. The van der Waals surface area contributed by atoms with E-state index in [9.17, 15) is 5.11 Å². The Balaban J connectivity index is 2.71. The normalized spacial score (nSPS) is 15.7. The number of nitrogens with two attached hydrogens (primary N) is 1. The SMILES string of the molecule is CCC(CN)C(O)c1ccc(C)s1. The van der Waals surface area contributed by atoms with Gasteiger partial charge in [-0.15, -0.1) is 11.3 Å². The van der Waals surface area contributed by atoms with E-state index < -0.39 is 0 Å². The van der Waals surface area contributed by atoms with E-state index in [4.69, 9.17) is 5.73 Å². The molecule has 74 valence electrons. The van der Waals surface area contributed by atoms with E-state index >= 15 is 0 Å². The molecule has 0 radical (unpaired) electrons. The summed E-state index contributed by atoms with van der Waals surface area (Å²) in [4.78, 5) is 2.27. The van der Waals surface area contributed by atoms with Gasteiger partial charge < -0.3 is 10.8 Å². The Bertz CT molecular complexity index is 255. The monoisotopic (exact) mass is 199 g/mol. The van der Waals surface area contributed by atoms with Gasteiger partial charge in [-0.2, -0.15) is 0 Å². The van der Waals surface area contributed by atoms with Gasteiger partial charge in [0, 0.05) is 15.7 Å². The van der Waals surface area contributed by atoms with Crippen LogP contribution in [-0.2, 0) is 0 Å². The van der Waals surface area contributed by atoms with Crippen molar-refractivity contribution in [1.29, 1.82) is 0 Å². The molecule has 0 saturated heterocycles. The number of thiophene rings is 1. The standard InChI is InChI=1S/C10H17NOS/c1-3-8(6-11)10(12)9-5-4-7(2)13-9/h4-5,8,10,12H,3,6,11H2,1-2H3. The fourth-order valence-corrected chi connectivity index (χ4v) is 2.32. The van der Waals surface area contributed by atoms with Crippen LogP contribution in [0.25, 0.3) is 0 Å². The molecular weight excluding hydrogens is 182 g/mol. The largest absolute Gasteiger partial charge is 0.387 e. The first-order valence-corrected chi connectivity index (χ1v) is 5.45. The van der Waals surface area contributed by atoms with Crippen LogP contribution in [0.1, 0.15) is 29.2 Å². The highest BCUT2D eigenvalue weighted by molar-refractivity contribution is 7.12. The van der Waals surface area contributed by atoms with E-state index in [2.05, 4.69) is 6.92 Å². The molecule has 0 spiro atoms. The summed E-state index contributed by atoms with van der Waals surface area (Å²) in [5.74, 6) is 0.193. The minimum absolute atomic E-state index is 0.193. The zero-order valence-electron chi connectivity index (χ0n) is 8.16. The quantitative estimate of drug-likeness (QED) is 0.780. The maximum absolute atomic E-state index is 9.92. The van der Waals surface area contributed by atoms with Crippen molar-refractivity contribution in [1.82, 2.24) is 0 Å². The maximum Gasteiger partial charge on any atom is 0.0922 e. The summed E-state index contributed by atoms with van der Waals surface area (Å²) in [6, 6.07) is 4.02. The van der Waals surface area contributed by atoms with Gasteiger partial charge in [0.05, 0.1) is 6.10 Å². The molecule has 1 heterocycles. The smallest absolute Gasteiger partial charge is 0.0922 e. The third kappa shape index (κ3) is 2.53. The van der Waals surface area contributed by atoms with Gasteiger partial charge in [-0.25, -0.2) is 0 Å². The summed E-state index contributed by atoms with van der Waals surface area (Å²) in [5, 5.41) is 9.92. The highest BCUT2D eigenvalue weighted by atomic mass is 32.1. The van der Waals surface area contributed by atoms with Gasteiger partial charge >= 0.3 is 0 Å². The molecule has 0 aliphatic rings. The maximum atomic E-state index is 9.92. The molecule has 1 rings (SSSR count). The third-order valence-corrected chi connectivity index (χ3v) is 3.40. The average Bonchev–Trinajstić information content (AvgIpc) is 2.54. The molecule has 0 aliphatic carbocycles. The average molecular weight is 199 g/mol. The van der Waals surface area contributed by atoms with Crippen molar-refractivity contribution >= 4 is 11.3 Å². The van der Waals surface area contributed by atoms with Crippen LogP contribution in [0.4, 0.5) is 0 Å². The molecule has 0 aromatic carbocycles. The molecule has 0 bridgehead atoms. The second-order valence-corrected chi connectivity index (χ2v) is 4.62. The van der Waals surface area contributed by atoms with Crippen LogP contribution < -0.4 is 5.73 Å². The van der Waals surface area contributed by atoms with Gasteiger partial charge in [-0.1, -0.05) is 6.92 Å². The predicted octanol–water partition coefficient (Wildman–Crippen LogP) is 2.07. The van der Waals surface area contributed by atoms with E-state index in [1.165, 1.54) is 4.88 Å². The Kier molecular flexibility index (Phi) is 3.90. The summed E-state index contributed by atoms with van der Waals surface area (Å²) >= 11 is 1.65. The summed E-state index contributed by atoms with van der Waals surface area (Å²) < 4.78 is 0. The molecule has 13 heavy (non-hydrogen) atoms. The van der Waals surface area contributed by atoms with E-state index in [0.29, 0.717) is 6.54 Å². The lowest BCUT2D eigenvalue weighted by Gasteiger charge is -2.18. The van der Waals surface area contributed by atoms with Crippen molar-refractivity contribution in [2.45, 2.75) is 26.4 Å². The molecule has 0 fully saturated rings. The first-order valence-electron chi connectivity index (χ1n) is 4.63. The van der Waals surface area contributed by atoms with Gasteiger partial charge in [0.15, 0.2) is 0 Å². The Morgan fingerprint density at radius 2 is 2.23 bits per heavy atom. The number of aliphatic hydroxyl groups excluding tert-OH is 1. The van der Waals surface area contributed by atoms with Crippen molar-refractivity contribution in [2.24, 2.45) is 11.7 Å². The van der Waals surface area contributed by atoms with Crippen molar-refractivity contribution < 1.29 is 5.11 Å². The van der Waals surface area contributed by atoms with Gasteiger partial charge in [0.1, 0.15) is 0 Å². The van der Waals surface area contributed by atoms with Crippen LogP contribution in [-0.4, -0.2) is 11.7 Å². The Labute approximate surface area is 83.4 Å². The first-order chi connectivity index (χ1) is 6.19. The Morgan fingerprint density at radius 3 is 2.62 bits per heavy atom. The number of hydrogen-bond acceptors (Lipinski definition) is 3. The van der Waals surface area contributed by atoms with E-state index in [-0.39, 0.29) is 12.0 Å². The van der Waals surface area contributed by atoms with E-state index in [0.717, 1.165) is 11.3 Å². The molecule has 2 unspecified atom stereocenters. The lowest BCUT2D eigenvalue weighted by Crippen LogP contribution is -2.20. The Morgan fingerprint density at radius 1 is 1.54 bits per heavy atom. The highest BCUT2D eigenvalue weighted by Crippen LogP contribution is 2.29. The van der Waals surface area contributed by atoms with Crippen LogP contribution in [0.3, 0.4) is 0 Å². The zero-order valence-corrected chi connectivity index (χ0v) is 8.97. The predicted molar refractivity (Wildman–Crippen MR) is 56.9 cm³/mol. The van der Waals surface area contributed by atoms with Crippen molar-refractivity contribution in [3.8, 4) is 0 Å². The lowest BCUT2D eigenvalue weighted by molar-refractivity contribution is 0.113. The van der Waals surface area contributed by atoms with Crippen LogP contribution >= 0.6 is 11.3 Å². The molecule has 0 amide bonds. The lowest BCUT2D eigenvalue weighted by atomic mass is 9.99. The van der Waals surface area contributed by atoms with Crippen LogP contribution in [0.15, 0.2) is 12.1 Å². The minimum Gasteiger partial charge on any atom is -0.387 e. The molecule has 3 heteroatoms. The molecule has 2 nitrogen and oxygen atoms in total. The molecule has 3 N–H and O–H groups in total. The molecule has 0 saturated carbocycles. The summed E-state index contributed by atoms with van der Waals surface area (Å²) in [7, 11) is 0. The van der Waals surface area contributed by atoms with E-state index in [1.807, 2.05) is 19.1 Å². The fourth-order valence-electron chi connectivity index (χ4n) is 1.36. The van der Waals surface area contributed by atoms with Crippen LogP contribution in [0.5, 0.6) is 0 Å². The summed E-state index contributed by atoms with van der Waals surface area (Å²) in [6.45, 7) is 4.65. The summed E-state index contributed by atoms with van der Waals surface area (Å²) in [5.41, 5.74) is 5.57. The zero-order chi connectivity index (χ0) is 9.84. The van der Waals surface area contributed by atoms with Gasteiger partial charge in [-0.05, 0) is 32.0 Å². The fraction of sp³-hybridized carbons (Fsp3) is 0.600. The molecule has 1 aromatic rings. The first kappa shape index (κ1) is 10.7. The number of hydrogen-bond donors (Lipinski definition) is 2. The molecule has 2 atom stereocenters. The van der Waals surface area contributed by atoms with Gasteiger partial charge in [0.25, 0.3) is 0 Å². The second-order valence-electron chi connectivity index (χ2n) is 3.30.